The summed E-state index contributed by atoms with van der Waals surface area (Å²) in [5.41, 5.74) is 2.09. The van der Waals surface area contributed by atoms with Crippen molar-refractivity contribution >= 4 is 11.6 Å². The summed E-state index contributed by atoms with van der Waals surface area (Å²) in [6, 6.07) is 13.8. The second-order valence-corrected chi connectivity index (χ2v) is 10.8. The first kappa shape index (κ1) is 25.9. The maximum atomic E-state index is 13.4. The maximum Gasteiger partial charge on any atom is 0.416 e. The molecule has 1 aliphatic heterocycles. The van der Waals surface area contributed by atoms with Crippen molar-refractivity contribution in [1.82, 2.24) is 15.1 Å². The molecule has 2 heterocycles. The fraction of sp³-hybridized carbons (Fsp3) is 0.429. The minimum absolute atomic E-state index is 0.217. The van der Waals surface area contributed by atoms with E-state index < -0.39 is 23.8 Å². The zero-order valence-electron chi connectivity index (χ0n) is 21.2. The molecule has 2 N–H and O–H groups in total. The highest BCUT2D eigenvalue weighted by molar-refractivity contribution is 5.95. The van der Waals surface area contributed by atoms with Crippen LogP contribution in [0.25, 0.3) is 0 Å². The third-order valence-corrected chi connectivity index (χ3v) is 6.66. The molecule has 0 bridgehead atoms. The Hall–Kier alpha value is -3.13. The Kier molecular flexibility index (Phi) is 7.01. The van der Waals surface area contributed by atoms with Gasteiger partial charge in [-0.05, 0) is 74.6 Å². The molecule has 1 amide bonds. The number of hydrogen-bond donors (Lipinski definition) is 2. The van der Waals surface area contributed by atoms with Crippen LogP contribution in [0.3, 0.4) is 0 Å². The van der Waals surface area contributed by atoms with Gasteiger partial charge in [0.2, 0.25) is 5.91 Å². The van der Waals surface area contributed by atoms with E-state index in [-0.39, 0.29) is 17.4 Å². The molecular weight excluding hydrogens is 465 g/mol. The zero-order valence-corrected chi connectivity index (χ0v) is 21.2. The van der Waals surface area contributed by atoms with E-state index in [0.717, 1.165) is 23.4 Å². The number of rotatable bonds is 5. The number of aromatic nitrogens is 2. The summed E-state index contributed by atoms with van der Waals surface area (Å²) < 4.78 is 42.2. The molecule has 8 heteroatoms. The summed E-state index contributed by atoms with van der Waals surface area (Å²) in [5, 5.41) is 11.0. The quantitative estimate of drug-likeness (QED) is 0.416. The van der Waals surface area contributed by atoms with Crippen molar-refractivity contribution in [3.8, 4) is 0 Å². The van der Waals surface area contributed by atoms with Crippen molar-refractivity contribution in [2.75, 3.05) is 5.32 Å². The predicted octanol–water partition coefficient (Wildman–Crippen LogP) is 6.61. The van der Waals surface area contributed by atoms with Crippen LogP contribution >= 0.6 is 0 Å². The molecule has 0 aliphatic carbocycles. The molecule has 1 fully saturated rings. The fourth-order valence-corrected chi connectivity index (χ4v) is 4.62. The van der Waals surface area contributed by atoms with E-state index in [1.807, 2.05) is 62.0 Å². The van der Waals surface area contributed by atoms with E-state index in [1.54, 1.807) is 6.07 Å². The molecule has 36 heavy (non-hydrogen) atoms. The van der Waals surface area contributed by atoms with Crippen molar-refractivity contribution in [3.05, 3.63) is 83.2 Å². The van der Waals surface area contributed by atoms with Gasteiger partial charge in [0.05, 0.1) is 22.8 Å². The Labute approximate surface area is 210 Å². The maximum absolute atomic E-state index is 13.4. The Morgan fingerprint density at radius 1 is 1.08 bits per heavy atom. The smallest absolute Gasteiger partial charge is 0.325 e. The Morgan fingerprint density at radius 2 is 1.81 bits per heavy atom. The van der Waals surface area contributed by atoms with Crippen molar-refractivity contribution < 1.29 is 18.0 Å². The lowest BCUT2D eigenvalue weighted by Crippen LogP contribution is -2.36. The van der Waals surface area contributed by atoms with Gasteiger partial charge >= 0.3 is 6.18 Å². The predicted molar refractivity (Wildman–Crippen MR) is 135 cm³/mol. The summed E-state index contributed by atoms with van der Waals surface area (Å²) in [5.74, 6) is -0.167. The molecule has 2 aromatic carbocycles. The van der Waals surface area contributed by atoms with Gasteiger partial charge in [-0.3, -0.25) is 14.8 Å². The van der Waals surface area contributed by atoms with Gasteiger partial charge in [0, 0.05) is 23.8 Å². The number of carbonyl (C=O) groups is 1. The molecule has 1 aliphatic rings. The second kappa shape index (κ2) is 9.73. The van der Waals surface area contributed by atoms with Gasteiger partial charge < -0.3 is 5.32 Å². The third-order valence-electron chi connectivity index (χ3n) is 6.66. The molecular formula is C28H33F3N4O. The first-order valence-electron chi connectivity index (χ1n) is 12.2. The van der Waals surface area contributed by atoms with Crippen molar-refractivity contribution in [2.45, 2.75) is 76.7 Å². The van der Waals surface area contributed by atoms with Crippen LogP contribution < -0.4 is 10.6 Å². The van der Waals surface area contributed by atoms with E-state index in [4.69, 9.17) is 5.10 Å². The number of amides is 1. The molecule has 4 rings (SSSR count). The Balaban J connectivity index is 1.64. The van der Waals surface area contributed by atoms with Crippen LogP contribution in [-0.2, 0) is 16.5 Å². The summed E-state index contributed by atoms with van der Waals surface area (Å²) in [4.78, 5) is 13.3. The minimum atomic E-state index is -4.45. The molecule has 5 nitrogen and oxygen atoms in total. The largest absolute Gasteiger partial charge is 0.416 e. The van der Waals surface area contributed by atoms with E-state index in [9.17, 15) is 18.0 Å². The fourth-order valence-electron chi connectivity index (χ4n) is 4.62. The van der Waals surface area contributed by atoms with Gasteiger partial charge in [0.25, 0.3) is 0 Å². The van der Waals surface area contributed by atoms with E-state index >= 15 is 0 Å². The highest BCUT2D eigenvalue weighted by Gasteiger charge is 2.41. The lowest BCUT2D eigenvalue weighted by atomic mass is 9.90. The topological polar surface area (TPSA) is 59.0 Å². The monoisotopic (exact) mass is 498 g/mol. The Bertz CT molecular complexity index is 1230. The third kappa shape index (κ3) is 5.64. The van der Waals surface area contributed by atoms with Crippen LogP contribution in [0, 0.1) is 0 Å². The van der Waals surface area contributed by atoms with Gasteiger partial charge in [0.1, 0.15) is 0 Å². The normalized spacial score (nSPS) is 20.6. The van der Waals surface area contributed by atoms with E-state index in [2.05, 4.69) is 24.5 Å². The van der Waals surface area contributed by atoms with Gasteiger partial charge in [-0.25, -0.2) is 0 Å². The summed E-state index contributed by atoms with van der Waals surface area (Å²) in [7, 11) is 0. The van der Waals surface area contributed by atoms with Crippen LogP contribution in [0.2, 0.25) is 0 Å². The highest BCUT2D eigenvalue weighted by atomic mass is 19.4. The summed E-state index contributed by atoms with van der Waals surface area (Å²) in [6.45, 7) is 10.3. The number of nitrogens with one attached hydrogen (secondary N) is 2. The molecule has 3 aromatic rings. The number of benzene rings is 2. The summed E-state index contributed by atoms with van der Waals surface area (Å²) in [6.07, 6.45) is -2.16. The van der Waals surface area contributed by atoms with Crippen LogP contribution in [0.15, 0.2) is 60.8 Å². The average molecular weight is 499 g/mol. The molecule has 1 aromatic heterocycles. The van der Waals surface area contributed by atoms with Crippen LogP contribution in [0.4, 0.5) is 18.9 Å². The molecule has 192 valence electrons. The first-order chi connectivity index (χ1) is 16.8. The van der Waals surface area contributed by atoms with Gasteiger partial charge in [-0.1, -0.05) is 38.1 Å². The average Bonchev–Trinajstić information content (AvgIpc) is 3.46. The number of carbonyl (C=O) groups excluding carboxylic acids is 1. The second-order valence-electron chi connectivity index (χ2n) is 10.8. The minimum Gasteiger partial charge on any atom is -0.325 e. The first-order valence-corrected chi connectivity index (χ1v) is 12.2. The van der Waals surface area contributed by atoms with Crippen molar-refractivity contribution in [3.63, 3.8) is 0 Å². The zero-order chi connectivity index (χ0) is 26.3. The Morgan fingerprint density at radius 3 is 2.44 bits per heavy atom. The SMILES string of the molecule is CC(C)c1cccc(NC(=O)[C@@H]2C[C@H](c3ccn(C(C)(C)C)n3)[C@H](c3cccc(C(F)(F)F)c3)N2)c1. The number of alkyl halides is 3. The molecule has 0 saturated carbocycles. The van der Waals surface area contributed by atoms with E-state index in [0.29, 0.717) is 23.6 Å². The van der Waals surface area contributed by atoms with Crippen LogP contribution in [0.1, 0.15) is 81.3 Å². The molecule has 0 unspecified atom stereocenters. The lowest BCUT2D eigenvalue weighted by molar-refractivity contribution is -0.137. The van der Waals surface area contributed by atoms with Gasteiger partial charge in [0.15, 0.2) is 0 Å². The number of hydrogen-bond acceptors (Lipinski definition) is 3. The van der Waals surface area contributed by atoms with Gasteiger partial charge in [-0.15, -0.1) is 0 Å². The van der Waals surface area contributed by atoms with Gasteiger partial charge in [-0.2, -0.15) is 18.3 Å². The molecule has 0 radical (unpaired) electrons. The standard InChI is InChI=1S/C28H33F3N4O/c1-17(2)18-8-7-11-21(15-18)32-26(36)24-16-22(23-12-13-35(34-23)27(3,4)5)25(33-24)19-9-6-10-20(14-19)28(29,30)31/h6-15,17,22,24-25,33H,16H2,1-5H3,(H,32,36)/t22-,24+,25+/m1/s1. The number of halogens is 3. The number of nitrogens with zero attached hydrogens (tertiary/aromatic N) is 2. The van der Waals surface area contributed by atoms with Crippen molar-refractivity contribution in [1.29, 1.82) is 0 Å². The molecule has 3 atom stereocenters. The molecule has 1 saturated heterocycles. The van der Waals surface area contributed by atoms with Crippen molar-refractivity contribution in [2.24, 2.45) is 0 Å². The van der Waals surface area contributed by atoms with Crippen LogP contribution in [0.5, 0.6) is 0 Å². The van der Waals surface area contributed by atoms with E-state index in [1.165, 1.54) is 6.07 Å². The number of anilines is 1. The molecule has 0 spiro atoms. The highest BCUT2D eigenvalue weighted by Crippen LogP contribution is 2.41. The van der Waals surface area contributed by atoms with Crippen LogP contribution in [-0.4, -0.2) is 21.7 Å². The summed E-state index contributed by atoms with van der Waals surface area (Å²) >= 11 is 0. The lowest BCUT2D eigenvalue weighted by Gasteiger charge is -2.21.